The molecule has 1 aliphatic heterocycles. The van der Waals surface area contributed by atoms with E-state index in [4.69, 9.17) is 9.47 Å². The highest BCUT2D eigenvalue weighted by molar-refractivity contribution is 5.35. The summed E-state index contributed by atoms with van der Waals surface area (Å²) in [6, 6.07) is 6.96. The van der Waals surface area contributed by atoms with Crippen LogP contribution in [0.2, 0.25) is 0 Å². The third-order valence-electron chi connectivity index (χ3n) is 2.98. The molecule has 1 aromatic carbocycles. The molecule has 17 heavy (non-hydrogen) atoms. The topological polar surface area (TPSA) is 30.5 Å². The van der Waals surface area contributed by atoms with E-state index >= 15 is 0 Å². The van der Waals surface area contributed by atoms with Gasteiger partial charge >= 0.3 is 0 Å². The van der Waals surface area contributed by atoms with Crippen LogP contribution in [0.15, 0.2) is 18.2 Å². The fraction of sp³-hybridized carbons (Fsp3) is 0.571. The van der Waals surface area contributed by atoms with Crippen LogP contribution < -0.4 is 10.1 Å². The highest BCUT2D eigenvalue weighted by Gasteiger charge is 2.18. The summed E-state index contributed by atoms with van der Waals surface area (Å²) in [5.41, 5.74) is 2.46. The van der Waals surface area contributed by atoms with Crippen LogP contribution in [-0.2, 0) is 4.74 Å². The van der Waals surface area contributed by atoms with Gasteiger partial charge in [-0.2, -0.15) is 0 Å². The fourth-order valence-electron chi connectivity index (χ4n) is 2.13. The first-order chi connectivity index (χ1) is 8.15. The quantitative estimate of drug-likeness (QED) is 0.870. The van der Waals surface area contributed by atoms with E-state index in [0.717, 1.165) is 19.0 Å². The monoisotopic (exact) mass is 235 g/mol. The van der Waals surface area contributed by atoms with Gasteiger partial charge in [-0.1, -0.05) is 17.7 Å². The van der Waals surface area contributed by atoms with Gasteiger partial charge in [-0.05, 0) is 32.4 Å². The third-order valence-corrected chi connectivity index (χ3v) is 2.98. The van der Waals surface area contributed by atoms with E-state index < -0.39 is 0 Å². The second kappa shape index (κ2) is 5.52. The molecule has 1 aliphatic rings. The molecule has 2 unspecified atom stereocenters. The smallest absolute Gasteiger partial charge is 0.122 e. The van der Waals surface area contributed by atoms with Crippen LogP contribution in [-0.4, -0.2) is 31.9 Å². The van der Waals surface area contributed by atoms with Gasteiger partial charge in [0.25, 0.3) is 0 Å². The molecule has 0 amide bonds. The van der Waals surface area contributed by atoms with Gasteiger partial charge in [0.15, 0.2) is 0 Å². The SMILES string of the molecule is Cc1ccc(OCC2COCC(C)N2)c(C)c1. The summed E-state index contributed by atoms with van der Waals surface area (Å²) in [5.74, 6) is 0.968. The molecular formula is C14H21NO2. The highest BCUT2D eigenvalue weighted by Crippen LogP contribution is 2.19. The van der Waals surface area contributed by atoms with E-state index in [1.807, 2.05) is 6.07 Å². The number of hydrogen-bond donors (Lipinski definition) is 1. The van der Waals surface area contributed by atoms with Crippen LogP contribution >= 0.6 is 0 Å². The molecule has 2 atom stereocenters. The van der Waals surface area contributed by atoms with Crippen LogP contribution in [0.3, 0.4) is 0 Å². The van der Waals surface area contributed by atoms with Gasteiger partial charge in [0.2, 0.25) is 0 Å². The maximum atomic E-state index is 5.84. The van der Waals surface area contributed by atoms with Crippen molar-refractivity contribution in [3.63, 3.8) is 0 Å². The lowest BCUT2D eigenvalue weighted by Gasteiger charge is -2.29. The minimum absolute atomic E-state index is 0.291. The molecule has 2 rings (SSSR count). The van der Waals surface area contributed by atoms with Crippen LogP contribution in [0.4, 0.5) is 0 Å². The Bertz CT molecular complexity index is 378. The molecule has 0 aromatic heterocycles. The number of aryl methyl sites for hydroxylation is 2. The Labute approximate surface area is 103 Å². The van der Waals surface area contributed by atoms with Crippen molar-refractivity contribution >= 4 is 0 Å². The number of morpholine rings is 1. The first-order valence-corrected chi connectivity index (χ1v) is 6.19. The Morgan fingerprint density at radius 2 is 2.18 bits per heavy atom. The first kappa shape index (κ1) is 12.4. The van der Waals surface area contributed by atoms with E-state index in [0.29, 0.717) is 18.7 Å². The van der Waals surface area contributed by atoms with Crippen molar-refractivity contribution in [3.8, 4) is 5.75 Å². The normalized spacial score (nSPS) is 24.6. The molecule has 3 nitrogen and oxygen atoms in total. The zero-order valence-corrected chi connectivity index (χ0v) is 10.8. The molecule has 1 aromatic rings. The number of benzene rings is 1. The van der Waals surface area contributed by atoms with Crippen LogP contribution in [0.25, 0.3) is 0 Å². The summed E-state index contributed by atoms with van der Waals surface area (Å²) in [4.78, 5) is 0. The molecule has 1 heterocycles. The molecular weight excluding hydrogens is 214 g/mol. The molecule has 3 heteroatoms. The average molecular weight is 235 g/mol. The van der Waals surface area contributed by atoms with Crippen molar-refractivity contribution in [2.24, 2.45) is 0 Å². The summed E-state index contributed by atoms with van der Waals surface area (Å²) in [6.45, 7) is 8.48. The van der Waals surface area contributed by atoms with Gasteiger partial charge in [-0.15, -0.1) is 0 Å². The maximum absolute atomic E-state index is 5.84. The number of nitrogens with one attached hydrogen (secondary N) is 1. The molecule has 0 bridgehead atoms. The van der Waals surface area contributed by atoms with Gasteiger partial charge in [-0.3, -0.25) is 0 Å². The van der Waals surface area contributed by atoms with Crippen LogP contribution in [0.5, 0.6) is 5.75 Å². The predicted octanol–water partition coefficient (Wildman–Crippen LogP) is 2.06. The van der Waals surface area contributed by atoms with Crippen molar-refractivity contribution in [2.45, 2.75) is 32.9 Å². The van der Waals surface area contributed by atoms with Crippen molar-refractivity contribution in [3.05, 3.63) is 29.3 Å². The van der Waals surface area contributed by atoms with Gasteiger partial charge in [0, 0.05) is 6.04 Å². The van der Waals surface area contributed by atoms with Crippen molar-refractivity contribution < 1.29 is 9.47 Å². The van der Waals surface area contributed by atoms with Crippen molar-refractivity contribution in [1.29, 1.82) is 0 Å². The second-order valence-corrected chi connectivity index (χ2v) is 4.88. The highest BCUT2D eigenvalue weighted by atomic mass is 16.5. The van der Waals surface area contributed by atoms with E-state index in [1.165, 1.54) is 11.1 Å². The van der Waals surface area contributed by atoms with Crippen LogP contribution in [0.1, 0.15) is 18.1 Å². The maximum Gasteiger partial charge on any atom is 0.122 e. The van der Waals surface area contributed by atoms with Crippen molar-refractivity contribution in [2.75, 3.05) is 19.8 Å². The average Bonchev–Trinajstić information content (AvgIpc) is 2.28. The molecule has 0 aliphatic carbocycles. The Kier molecular flexibility index (Phi) is 4.02. The van der Waals surface area contributed by atoms with E-state index in [2.05, 4.69) is 38.2 Å². The Morgan fingerprint density at radius 3 is 2.88 bits per heavy atom. The molecule has 1 N–H and O–H groups in total. The lowest BCUT2D eigenvalue weighted by atomic mass is 10.1. The number of hydrogen-bond acceptors (Lipinski definition) is 3. The van der Waals surface area contributed by atoms with Gasteiger partial charge in [0.05, 0.1) is 19.3 Å². The standard InChI is InChI=1S/C14H21NO2/c1-10-4-5-14(11(2)6-10)17-9-13-8-16-7-12(3)15-13/h4-6,12-13,15H,7-9H2,1-3H3. The Hall–Kier alpha value is -1.06. The Morgan fingerprint density at radius 1 is 1.35 bits per heavy atom. The largest absolute Gasteiger partial charge is 0.492 e. The minimum atomic E-state index is 0.291. The fourth-order valence-corrected chi connectivity index (χ4v) is 2.13. The zero-order valence-electron chi connectivity index (χ0n) is 10.8. The summed E-state index contributed by atoms with van der Waals surface area (Å²) in [5, 5.41) is 3.47. The number of ether oxygens (including phenoxy) is 2. The Balaban J connectivity index is 1.88. The lowest BCUT2D eigenvalue weighted by molar-refractivity contribution is 0.0352. The molecule has 0 radical (unpaired) electrons. The zero-order chi connectivity index (χ0) is 12.3. The molecule has 1 fully saturated rings. The van der Waals surface area contributed by atoms with Gasteiger partial charge in [0.1, 0.15) is 12.4 Å². The summed E-state index contributed by atoms with van der Waals surface area (Å²) < 4.78 is 11.3. The van der Waals surface area contributed by atoms with Crippen molar-refractivity contribution in [1.82, 2.24) is 5.32 Å². The first-order valence-electron chi connectivity index (χ1n) is 6.19. The van der Waals surface area contributed by atoms with Crippen LogP contribution in [0, 0.1) is 13.8 Å². The lowest BCUT2D eigenvalue weighted by Crippen LogP contribution is -2.50. The molecule has 0 spiro atoms. The van der Waals surface area contributed by atoms with Gasteiger partial charge < -0.3 is 14.8 Å². The summed E-state index contributed by atoms with van der Waals surface area (Å²) >= 11 is 0. The summed E-state index contributed by atoms with van der Waals surface area (Å²) in [7, 11) is 0. The van der Waals surface area contributed by atoms with Gasteiger partial charge in [-0.25, -0.2) is 0 Å². The molecule has 1 saturated heterocycles. The molecule has 0 saturated carbocycles. The van der Waals surface area contributed by atoms with E-state index in [-0.39, 0.29) is 0 Å². The third kappa shape index (κ3) is 3.45. The summed E-state index contributed by atoms with van der Waals surface area (Å²) in [6.07, 6.45) is 0. The van der Waals surface area contributed by atoms with E-state index in [9.17, 15) is 0 Å². The minimum Gasteiger partial charge on any atom is -0.492 e. The molecule has 94 valence electrons. The second-order valence-electron chi connectivity index (χ2n) is 4.88. The number of rotatable bonds is 3. The van der Waals surface area contributed by atoms with E-state index in [1.54, 1.807) is 0 Å². The predicted molar refractivity (Wildman–Crippen MR) is 68.6 cm³/mol.